The molecule has 0 saturated carbocycles. The number of likely N-dealkylation sites (tertiary alicyclic amines) is 1. The predicted octanol–water partition coefficient (Wildman–Crippen LogP) is 3.70. The van der Waals surface area contributed by atoms with Crippen LogP contribution in [0.25, 0.3) is 11.1 Å². The van der Waals surface area contributed by atoms with E-state index in [9.17, 15) is 9.90 Å². The van der Waals surface area contributed by atoms with Crippen molar-refractivity contribution in [3.05, 3.63) is 52.5 Å². The standard InChI is InChI=1S/C21H22ClN3O4/c1-28-18-11-14(20(27)25-7-5-16(26)6-8-25)10-17-19(18)29-21(24-17)23-12-13-3-2-4-15(22)9-13/h2-4,9-11,16,26H,5-8,12H2,1H3,(H,23,24). The summed E-state index contributed by atoms with van der Waals surface area (Å²) >= 11 is 6.02. The summed E-state index contributed by atoms with van der Waals surface area (Å²) in [4.78, 5) is 19.1. The van der Waals surface area contributed by atoms with Crippen LogP contribution in [0.4, 0.5) is 6.01 Å². The first-order chi connectivity index (χ1) is 14.0. The number of carbonyl (C=O) groups is 1. The number of benzene rings is 2. The molecule has 4 rings (SSSR count). The van der Waals surface area contributed by atoms with Crippen LogP contribution in [0.3, 0.4) is 0 Å². The molecule has 1 saturated heterocycles. The van der Waals surface area contributed by atoms with E-state index in [2.05, 4.69) is 10.3 Å². The van der Waals surface area contributed by atoms with Crippen LogP contribution in [0.1, 0.15) is 28.8 Å². The number of rotatable bonds is 5. The molecule has 0 aliphatic carbocycles. The van der Waals surface area contributed by atoms with E-state index >= 15 is 0 Å². The minimum atomic E-state index is -0.334. The number of ether oxygens (including phenoxy) is 1. The quantitative estimate of drug-likeness (QED) is 0.660. The monoisotopic (exact) mass is 415 g/mol. The fourth-order valence-corrected chi connectivity index (χ4v) is 3.64. The van der Waals surface area contributed by atoms with Crippen LogP contribution in [-0.2, 0) is 6.54 Å². The molecule has 0 unspecified atom stereocenters. The highest BCUT2D eigenvalue weighted by molar-refractivity contribution is 6.30. The molecule has 1 fully saturated rings. The Kier molecular flexibility index (Phi) is 5.60. The number of aromatic nitrogens is 1. The van der Waals surface area contributed by atoms with Gasteiger partial charge in [-0.3, -0.25) is 4.79 Å². The van der Waals surface area contributed by atoms with E-state index in [1.165, 1.54) is 7.11 Å². The summed E-state index contributed by atoms with van der Waals surface area (Å²) in [6, 6.07) is 11.2. The molecule has 1 amide bonds. The number of amides is 1. The van der Waals surface area contributed by atoms with Gasteiger partial charge in [-0.05, 0) is 42.7 Å². The van der Waals surface area contributed by atoms with Crippen LogP contribution in [0.15, 0.2) is 40.8 Å². The molecule has 152 valence electrons. The Balaban J connectivity index is 1.56. The van der Waals surface area contributed by atoms with E-state index in [0.717, 1.165) is 5.56 Å². The highest BCUT2D eigenvalue weighted by Crippen LogP contribution is 2.31. The maximum atomic E-state index is 12.9. The Morgan fingerprint density at radius 2 is 2.14 bits per heavy atom. The third-order valence-electron chi connectivity index (χ3n) is 5.01. The van der Waals surface area contributed by atoms with E-state index in [-0.39, 0.29) is 12.0 Å². The zero-order valence-corrected chi connectivity index (χ0v) is 16.8. The van der Waals surface area contributed by atoms with Gasteiger partial charge >= 0.3 is 0 Å². The van der Waals surface area contributed by atoms with Crippen molar-refractivity contribution in [1.29, 1.82) is 0 Å². The van der Waals surface area contributed by atoms with Gasteiger partial charge in [0.15, 0.2) is 11.3 Å². The van der Waals surface area contributed by atoms with E-state index < -0.39 is 0 Å². The number of hydrogen-bond donors (Lipinski definition) is 2. The van der Waals surface area contributed by atoms with Crippen molar-refractivity contribution < 1.29 is 19.1 Å². The zero-order chi connectivity index (χ0) is 20.4. The first kappa shape index (κ1) is 19.5. The first-order valence-corrected chi connectivity index (χ1v) is 9.85. The lowest BCUT2D eigenvalue weighted by Crippen LogP contribution is -2.40. The summed E-state index contributed by atoms with van der Waals surface area (Å²) in [7, 11) is 1.53. The van der Waals surface area contributed by atoms with Crippen LogP contribution in [0, 0.1) is 0 Å². The number of aliphatic hydroxyl groups is 1. The molecule has 0 spiro atoms. The lowest BCUT2D eigenvalue weighted by Gasteiger charge is -2.29. The number of nitrogens with one attached hydrogen (secondary N) is 1. The fraction of sp³-hybridized carbons (Fsp3) is 0.333. The molecular weight excluding hydrogens is 394 g/mol. The average molecular weight is 416 g/mol. The van der Waals surface area contributed by atoms with Crippen molar-refractivity contribution in [2.75, 3.05) is 25.5 Å². The second kappa shape index (κ2) is 8.31. The molecule has 29 heavy (non-hydrogen) atoms. The predicted molar refractivity (Wildman–Crippen MR) is 110 cm³/mol. The maximum absolute atomic E-state index is 12.9. The number of methoxy groups -OCH3 is 1. The Bertz CT molecular complexity index is 1030. The van der Waals surface area contributed by atoms with Crippen LogP contribution < -0.4 is 10.1 Å². The van der Waals surface area contributed by atoms with Gasteiger partial charge in [-0.2, -0.15) is 4.98 Å². The smallest absolute Gasteiger partial charge is 0.296 e. The lowest BCUT2D eigenvalue weighted by atomic mass is 10.1. The molecule has 0 radical (unpaired) electrons. The van der Waals surface area contributed by atoms with Crippen LogP contribution >= 0.6 is 11.6 Å². The third-order valence-corrected chi connectivity index (χ3v) is 5.24. The molecule has 1 aliphatic heterocycles. The number of fused-ring (bicyclic) bond motifs is 1. The van der Waals surface area contributed by atoms with E-state index in [0.29, 0.717) is 65.9 Å². The molecule has 7 nitrogen and oxygen atoms in total. The summed E-state index contributed by atoms with van der Waals surface area (Å²) in [5.74, 6) is 0.347. The number of halogens is 1. The molecule has 1 aliphatic rings. The molecule has 0 bridgehead atoms. The summed E-state index contributed by atoms with van der Waals surface area (Å²) in [5.41, 5.74) is 2.50. The number of carbonyl (C=O) groups excluding carboxylic acids is 1. The van der Waals surface area contributed by atoms with Crippen molar-refractivity contribution in [3.8, 4) is 5.75 Å². The minimum Gasteiger partial charge on any atom is -0.493 e. The van der Waals surface area contributed by atoms with Crippen molar-refractivity contribution in [3.63, 3.8) is 0 Å². The van der Waals surface area contributed by atoms with Gasteiger partial charge in [0, 0.05) is 30.2 Å². The third kappa shape index (κ3) is 4.31. The molecule has 0 atom stereocenters. The highest BCUT2D eigenvalue weighted by atomic mass is 35.5. The van der Waals surface area contributed by atoms with E-state index in [1.807, 2.05) is 24.3 Å². The maximum Gasteiger partial charge on any atom is 0.296 e. The summed E-state index contributed by atoms with van der Waals surface area (Å²) in [6.07, 6.45) is 0.846. The zero-order valence-electron chi connectivity index (χ0n) is 16.0. The molecule has 8 heteroatoms. The SMILES string of the molecule is COc1cc(C(=O)N2CCC(O)CC2)cc2nc(NCc3cccc(Cl)c3)oc12. The van der Waals surface area contributed by atoms with Crippen LogP contribution in [0.2, 0.25) is 5.02 Å². The Hall–Kier alpha value is -2.77. The van der Waals surface area contributed by atoms with Crippen LogP contribution in [0.5, 0.6) is 5.75 Å². The van der Waals surface area contributed by atoms with Gasteiger partial charge < -0.3 is 24.5 Å². The molecule has 2 N–H and O–H groups in total. The summed E-state index contributed by atoms with van der Waals surface area (Å²) < 4.78 is 11.2. The molecule has 3 aromatic rings. The summed E-state index contributed by atoms with van der Waals surface area (Å²) in [6.45, 7) is 1.56. The minimum absolute atomic E-state index is 0.103. The van der Waals surface area contributed by atoms with E-state index in [4.69, 9.17) is 20.8 Å². The van der Waals surface area contributed by atoms with Gasteiger partial charge in [0.1, 0.15) is 5.52 Å². The average Bonchev–Trinajstić information content (AvgIpc) is 3.14. The van der Waals surface area contributed by atoms with Crippen molar-refractivity contribution in [2.45, 2.75) is 25.5 Å². The number of piperidine rings is 1. The normalized spacial score (nSPS) is 14.9. The molecule has 2 aromatic carbocycles. The first-order valence-electron chi connectivity index (χ1n) is 9.47. The second-order valence-electron chi connectivity index (χ2n) is 7.05. The second-order valence-corrected chi connectivity index (χ2v) is 7.49. The number of nitrogens with zero attached hydrogens (tertiary/aromatic N) is 2. The fourth-order valence-electron chi connectivity index (χ4n) is 3.43. The largest absolute Gasteiger partial charge is 0.493 e. The van der Waals surface area contributed by atoms with Gasteiger partial charge in [-0.1, -0.05) is 23.7 Å². The van der Waals surface area contributed by atoms with Gasteiger partial charge in [-0.15, -0.1) is 0 Å². The topological polar surface area (TPSA) is 87.8 Å². The number of hydrogen-bond acceptors (Lipinski definition) is 6. The van der Waals surface area contributed by atoms with Crippen molar-refractivity contribution in [1.82, 2.24) is 9.88 Å². The molecule has 2 heterocycles. The van der Waals surface area contributed by atoms with Crippen molar-refractivity contribution in [2.24, 2.45) is 0 Å². The summed E-state index contributed by atoms with van der Waals surface area (Å²) in [5, 5.41) is 13.5. The highest BCUT2D eigenvalue weighted by Gasteiger charge is 2.24. The Labute approximate surface area is 173 Å². The number of oxazole rings is 1. The van der Waals surface area contributed by atoms with Gasteiger partial charge in [0.2, 0.25) is 0 Å². The van der Waals surface area contributed by atoms with Gasteiger partial charge in [0.05, 0.1) is 13.2 Å². The number of aliphatic hydroxyl groups excluding tert-OH is 1. The van der Waals surface area contributed by atoms with Crippen molar-refractivity contribution >= 4 is 34.6 Å². The van der Waals surface area contributed by atoms with Crippen LogP contribution in [-0.4, -0.2) is 47.2 Å². The van der Waals surface area contributed by atoms with E-state index in [1.54, 1.807) is 17.0 Å². The lowest BCUT2D eigenvalue weighted by molar-refractivity contribution is 0.0546. The number of anilines is 1. The van der Waals surface area contributed by atoms with Gasteiger partial charge in [0.25, 0.3) is 11.9 Å². The van der Waals surface area contributed by atoms with Gasteiger partial charge in [-0.25, -0.2) is 0 Å². The molecular formula is C21H22ClN3O4. The Morgan fingerprint density at radius 3 is 2.86 bits per heavy atom. The molecule has 1 aromatic heterocycles. The Morgan fingerprint density at radius 1 is 1.34 bits per heavy atom.